The first kappa shape index (κ1) is 17.0. The van der Waals surface area contributed by atoms with Gasteiger partial charge in [0, 0.05) is 10.1 Å². The number of hydrogen-bond acceptors (Lipinski definition) is 4. The van der Waals surface area contributed by atoms with E-state index in [1.807, 2.05) is 36.0 Å². The Bertz CT molecular complexity index is 853. The van der Waals surface area contributed by atoms with Crippen LogP contribution in [0.5, 0.6) is 0 Å². The predicted molar refractivity (Wildman–Crippen MR) is 104 cm³/mol. The normalized spacial score (nSPS) is 11.2. The maximum absolute atomic E-state index is 12.2. The molecule has 0 spiro atoms. The minimum atomic E-state index is -0.0324. The zero-order valence-electron chi connectivity index (χ0n) is 14.0. The number of rotatable bonds is 5. The monoisotopic (exact) mass is 356 g/mol. The molecule has 124 valence electrons. The molecule has 0 saturated carbocycles. The molecule has 0 radical (unpaired) electrons. The van der Waals surface area contributed by atoms with Gasteiger partial charge in [-0.25, -0.2) is 4.98 Å². The van der Waals surface area contributed by atoms with Crippen LogP contribution in [0.2, 0.25) is 0 Å². The van der Waals surface area contributed by atoms with E-state index in [-0.39, 0.29) is 5.91 Å². The summed E-state index contributed by atoms with van der Waals surface area (Å²) >= 11 is 3.34. The van der Waals surface area contributed by atoms with Gasteiger partial charge >= 0.3 is 0 Å². The quantitative estimate of drug-likeness (QED) is 0.632. The van der Waals surface area contributed by atoms with E-state index in [1.165, 1.54) is 21.8 Å². The summed E-state index contributed by atoms with van der Waals surface area (Å²) in [6.45, 7) is 6.40. The number of carbonyl (C=O) groups excluding carboxylic acids is 1. The minimum Gasteiger partial charge on any atom is -0.302 e. The first-order chi connectivity index (χ1) is 11.5. The Morgan fingerprint density at radius 1 is 1.21 bits per heavy atom. The second-order valence-corrected chi connectivity index (χ2v) is 8.71. The van der Waals surface area contributed by atoms with Crippen LogP contribution in [0.4, 0.5) is 5.13 Å². The van der Waals surface area contributed by atoms with Crippen molar-refractivity contribution in [1.82, 2.24) is 4.98 Å². The molecule has 3 nitrogen and oxygen atoms in total. The van der Waals surface area contributed by atoms with Gasteiger partial charge in [0.15, 0.2) is 5.13 Å². The fourth-order valence-corrected chi connectivity index (χ4v) is 4.21. The molecule has 3 rings (SSSR count). The minimum absolute atomic E-state index is 0.0324. The summed E-state index contributed by atoms with van der Waals surface area (Å²) in [5.41, 5.74) is 3.14. The van der Waals surface area contributed by atoms with Crippen LogP contribution in [0.25, 0.3) is 10.2 Å². The van der Waals surface area contributed by atoms with Crippen LogP contribution in [-0.4, -0.2) is 16.1 Å². The van der Waals surface area contributed by atoms with Crippen molar-refractivity contribution < 1.29 is 4.79 Å². The van der Waals surface area contributed by atoms with E-state index in [9.17, 15) is 4.79 Å². The van der Waals surface area contributed by atoms with Crippen molar-refractivity contribution in [2.45, 2.75) is 37.3 Å². The Balaban J connectivity index is 1.64. The van der Waals surface area contributed by atoms with Gasteiger partial charge < -0.3 is 5.32 Å². The predicted octanol–water partition coefficient (Wildman–Crippen LogP) is 5.29. The van der Waals surface area contributed by atoms with Gasteiger partial charge in [-0.3, -0.25) is 4.79 Å². The van der Waals surface area contributed by atoms with Gasteiger partial charge in [-0.15, -0.1) is 11.8 Å². The largest absolute Gasteiger partial charge is 0.302 e. The first-order valence-electron chi connectivity index (χ1n) is 7.92. The number of thiazole rings is 1. The van der Waals surface area contributed by atoms with E-state index in [1.54, 1.807) is 0 Å². The van der Waals surface area contributed by atoms with Crippen molar-refractivity contribution in [1.29, 1.82) is 0 Å². The molecular weight excluding hydrogens is 336 g/mol. The van der Waals surface area contributed by atoms with Crippen molar-refractivity contribution in [3.63, 3.8) is 0 Å². The summed E-state index contributed by atoms with van der Waals surface area (Å²) in [6, 6.07) is 14.3. The summed E-state index contributed by atoms with van der Waals surface area (Å²) in [4.78, 5) is 17.9. The third kappa shape index (κ3) is 4.36. The summed E-state index contributed by atoms with van der Waals surface area (Å²) in [5.74, 6) is -0.0324. The maximum Gasteiger partial charge on any atom is 0.230 e. The maximum atomic E-state index is 12.2. The number of benzene rings is 2. The third-order valence-electron chi connectivity index (χ3n) is 3.45. The second-order valence-electron chi connectivity index (χ2n) is 6.03. The number of nitrogens with zero attached hydrogens (tertiary/aromatic N) is 1. The summed E-state index contributed by atoms with van der Waals surface area (Å²) in [5, 5.41) is 4.13. The molecule has 0 bridgehead atoms. The number of amides is 1. The molecule has 1 amide bonds. The second kappa shape index (κ2) is 7.36. The highest BCUT2D eigenvalue weighted by molar-refractivity contribution is 7.99. The Labute approximate surface area is 150 Å². The molecule has 0 unspecified atom stereocenters. The van der Waals surface area contributed by atoms with Crippen molar-refractivity contribution >= 4 is 44.4 Å². The van der Waals surface area contributed by atoms with Crippen molar-refractivity contribution in [2.24, 2.45) is 0 Å². The Morgan fingerprint density at radius 3 is 2.67 bits per heavy atom. The number of aromatic nitrogens is 1. The van der Waals surface area contributed by atoms with E-state index >= 15 is 0 Å². The smallest absolute Gasteiger partial charge is 0.230 e. The zero-order chi connectivity index (χ0) is 17.1. The lowest BCUT2D eigenvalue weighted by Crippen LogP contribution is -2.14. The van der Waals surface area contributed by atoms with Crippen molar-refractivity contribution in [3.8, 4) is 0 Å². The lowest BCUT2D eigenvalue weighted by Gasteiger charge is -2.06. The van der Waals surface area contributed by atoms with Gasteiger partial charge in [0.1, 0.15) is 0 Å². The van der Waals surface area contributed by atoms with E-state index in [2.05, 4.69) is 49.3 Å². The SMILES string of the molecule is Cc1ccc2nc(NC(=O)Cc3ccc(SC(C)C)cc3)sc2c1. The standard InChI is InChI=1S/C19H20N2OS2/c1-12(2)23-15-7-5-14(6-8-15)11-18(22)21-19-20-16-9-4-13(3)10-17(16)24-19/h4-10,12H,11H2,1-3H3,(H,20,21,22). The molecule has 1 N–H and O–H groups in total. The molecule has 0 fully saturated rings. The van der Waals surface area contributed by atoms with Crippen LogP contribution in [0.15, 0.2) is 47.4 Å². The molecule has 0 aliphatic rings. The molecule has 2 aromatic carbocycles. The highest BCUT2D eigenvalue weighted by Crippen LogP contribution is 2.27. The van der Waals surface area contributed by atoms with Crippen LogP contribution in [0.3, 0.4) is 0 Å². The number of hydrogen-bond donors (Lipinski definition) is 1. The van der Waals surface area contributed by atoms with Crippen molar-refractivity contribution in [2.75, 3.05) is 5.32 Å². The molecule has 5 heteroatoms. The lowest BCUT2D eigenvalue weighted by molar-refractivity contribution is -0.115. The van der Waals surface area contributed by atoms with Crippen molar-refractivity contribution in [3.05, 3.63) is 53.6 Å². The average molecular weight is 357 g/mol. The highest BCUT2D eigenvalue weighted by Gasteiger charge is 2.09. The van der Waals surface area contributed by atoms with E-state index in [4.69, 9.17) is 0 Å². The van der Waals surface area contributed by atoms with Crippen LogP contribution in [0.1, 0.15) is 25.0 Å². The third-order valence-corrected chi connectivity index (χ3v) is 5.40. The van der Waals surface area contributed by atoms with Gasteiger partial charge in [0.05, 0.1) is 16.6 Å². The van der Waals surface area contributed by atoms with Crippen LogP contribution in [-0.2, 0) is 11.2 Å². The molecule has 1 aromatic heterocycles. The van der Waals surface area contributed by atoms with Gasteiger partial charge in [-0.1, -0.05) is 43.4 Å². The molecule has 1 heterocycles. The fraction of sp³-hybridized carbons (Fsp3) is 0.263. The number of anilines is 1. The Hall–Kier alpha value is -1.85. The van der Waals surface area contributed by atoms with Crippen LogP contribution >= 0.6 is 23.1 Å². The number of nitrogens with one attached hydrogen (secondary N) is 1. The van der Waals surface area contributed by atoms with Crippen LogP contribution < -0.4 is 5.32 Å². The number of fused-ring (bicyclic) bond motifs is 1. The lowest BCUT2D eigenvalue weighted by atomic mass is 10.1. The van der Waals surface area contributed by atoms with E-state index < -0.39 is 0 Å². The van der Waals surface area contributed by atoms with E-state index in [0.717, 1.165) is 15.8 Å². The Kier molecular flexibility index (Phi) is 5.21. The molecule has 0 aliphatic heterocycles. The number of carbonyl (C=O) groups is 1. The Morgan fingerprint density at radius 2 is 1.96 bits per heavy atom. The molecule has 0 atom stereocenters. The van der Waals surface area contributed by atoms with Crippen LogP contribution in [0, 0.1) is 6.92 Å². The average Bonchev–Trinajstić information content (AvgIpc) is 2.89. The molecular formula is C19H20N2OS2. The van der Waals surface area contributed by atoms with Gasteiger partial charge in [-0.2, -0.15) is 0 Å². The zero-order valence-corrected chi connectivity index (χ0v) is 15.6. The van der Waals surface area contributed by atoms with Gasteiger partial charge in [-0.05, 0) is 42.3 Å². The topological polar surface area (TPSA) is 42.0 Å². The van der Waals surface area contributed by atoms with E-state index in [0.29, 0.717) is 16.8 Å². The molecule has 24 heavy (non-hydrogen) atoms. The molecule has 3 aromatic rings. The highest BCUT2D eigenvalue weighted by atomic mass is 32.2. The number of aryl methyl sites for hydroxylation is 1. The number of thioether (sulfide) groups is 1. The summed E-state index contributed by atoms with van der Waals surface area (Å²) in [7, 11) is 0. The van der Waals surface area contributed by atoms with Gasteiger partial charge in [0.25, 0.3) is 0 Å². The fourth-order valence-electron chi connectivity index (χ4n) is 2.39. The molecule has 0 aliphatic carbocycles. The first-order valence-corrected chi connectivity index (χ1v) is 9.62. The summed E-state index contributed by atoms with van der Waals surface area (Å²) < 4.78 is 1.10. The molecule has 0 saturated heterocycles. The van der Waals surface area contributed by atoms with Gasteiger partial charge in [0.2, 0.25) is 5.91 Å². The summed E-state index contributed by atoms with van der Waals surface area (Å²) in [6.07, 6.45) is 0.363.